The molecule has 0 saturated heterocycles. The summed E-state index contributed by atoms with van der Waals surface area (Å²) in [4.78, 5) is 4.16. The van der Waals surface area contributed by atoms with E-state index in [-0.39, 0.29) is 0 Å². The fourth-order valence-corrected chi connectivity index (χ4v) is 1.14. The summed E-state index contributed by atoms with van der Waals surface area (Å²) in [5.74, 6) is 0.953. The normalized spacial score (nSPS) is 10.3. The molecule has 1 aromatic heterocycles. The van der Waals surface area contributed by atoms with Crippen molar-refractivity contribution in [2.24, 2.45) is 7.05 Å². The van der Waals surface area contributed by atoms with Gasteiger partial charge in [-0.15, -0.1) is 6.58 Å². The largest absolute Gasteiger partial charge is 0.321 e. The van der Waals surface area contributed by atoms with E-state index >= 15 is 0 Å². The summed E-state index contributed by atoms with van der Waals surface area (Å²) in [5.41, 5.74) is 0. The SMILES string of the molecule is C=CCCNCc1ncc(Cl)n1C. The predicted octanol–water partition coefficient (Wildman–Crippen LogP) is 1.74. The molecule has 0 unspecified atom stereocenters. The first-order valence-electron chi connectivity index (χ1n) is 4.23. The van der Waals surface area contributed by atoms with Crippen LogP contribution in [0.2, 0.25) is 5.15 Å². The second kappa shape index (κ2) is 5.04. The molecule has 1 heterocycles. The molecule has 0 aromatic carbocycles. The summed E-state index contributed by atoms with van der Waals surface area (Å²) in [6.45, 7) is 5.32. The molecule has 72 valence electrons. The molecule has 0 saturated carbocycles. The van der Waals surface area contributed by atoms with Crippen molar-refractivity contribution in [1.29, 1.82) is 0 Å². The van der Waals surface area contributed by atoms with Gasteiger partial charge in [0.2, 0.25) is 0 Å². The maximum atomic E-state index is 5.83. The van der Waals surface area contributed by atoms with Crippen LogP contribution in [-0.2, 0) is 13.6 Å². The van der Waals surface area contributed by atoms with E-state index in [4.69, 9.17) is 11.6 Å². The highest BCUT2D eigenvalue weighted by Crippen LogP contribution is 2.08. The molecule has 13 heavy (non-hydrogen) atoms. The van der Waals surface area contributed by atoms with Crippen LogP contribution in [-0.4, -0.2) is 16.1 Å². The third-order valence-corrected chi connectivity index (χ3v) is 2.19. The molecule has 3 nitrogen and oxygen atoms in total. The molecule has 4 heteroatoms. The van der Waals surface area contributed by atoms with Crippen molar-refractivity contribution in [2.75, 3.05) is 6.54 Å². The Bertz CT molecular complexity index is 280. The summed E-state index contributed by atoms with van der Waals surface area (Å²) in [6, 6.07) is 0. The van der Waals surface area contributed by atoms with E-state index in [0.29, 0.717) is 5.15 Å². The van der Waals surface area contributed by atoms with Gasteiger partial charge in [-0.25, -0.2) is 4.98 Å². The van der Waals surface area contributed by atoms with Gasteiger partial charge in [-0.1, -0.05) is 17.7 Å². The Kier molecular flexibility index (Phi) is 3.99. The molecular formula is C9H14ClN3. The zero-order valence-electron chi connectivity index (χ0n) is 7.76. The maximum Gasteiger partial charge on any atom is 0.128 e. The van der Waals surface area contributed by atoms with Crippen LogP contribution in [0.1, 0.15) is 12.2 Å². The van der Waals surface area contributed by atoms with Gasteiger partial charge >= 0.3 is 0 Å². The number of nitrogens with zero attached hydrogens (tertiary/aromatic N) is 2. The van der Waals surface area contributed by atoms with Crippen molar-refractivity contribution in [2.45, 2.75) is 13.0 Å². The smallest absolute Gasteiger partial charge is 0.128 e. The Morgan fingerprint density at radius 1 is 1.77 bits per heavy atom. The van der Waals surface area contributed by atoms with Crippen molar-refractivity contribution in [3.8, 4) is 0 Å². The molecule has 1 rings (SSSR count). The molecule has 1 N–H and O–H groups in total. The van der Waals surface area contributed by atoms with E-state index in [2.05, 4.69) is 16.9 Å². The molecule has 0 aliphatic carbocycles. The highest BCUT2D eigenvalue weighted by atomic mass is 35.5. The Hall–Kier alpha value is -0.800. The molecule has 0 aliphatic heterocycles. The summed E-state index contributed by atoms with van der Waals surface area (Å²) >= 11 is 5.83. The number of imidazole rings is 1. The molecule has 0 fully saturated rings. The van der Waals surface area contributed by atoms with Crippen molar-refractivity contribution in [1.82, 2.24) is 14.9 Å². The van der Waals surface area contributed by atoms with Crippen LogP contribution in [0.4, 0.5) is 0 Å². The van der Waals surface area contributed by atoms with Gasteiger partial charge in [0.25, 0.3) is 0 Å². The van der Waals surface area contributed by atoms with Crippen LogP contribution in [0.3, 0.4) is 0 Å². The van der Waals surface area contributed by atoms with Crippen molar-refractivity contribution in [3.63, 3.8) is 0 Å². The Balaban J connectivity index is 2.36. The Morgan fingerprint density at radius 3 is 3.08 bits per heavy atom. The Labute approximate surface area is 83.4 Å². The van der Waals surface area contributed by atoms with Crippen molar-refractivity contribution < 1.29 is 0 Å². The quantitative estimate of drug-likeness (QED) is 0.579. The van der Waals surface area contributed by atoms with Gasteiger partial charge in [0.1, 0.15) is 11.0 Å². The minimum Gasteiger partial charge on any atom is -0.321 e. The summed E-state index contributed by atoms with van der Waals surface area (Å²) in [7, 11) is 1.90. The second-order valence-electron chi connectivity index (χ2n) is 2.81. The predicted molar refractivity (Wildman–Crippen MR) is 54.7 cm³/mol. The first kappa shape index (κ1) is 10.3. The summed E-state index contributed by atoms with van der Waals surface area (Å²) in [6.07, 6.45) is 4.52. The average molecular weight is 200 g/mol. The minimum absolute atomic E-state index is 0.667. The first-order valence-corrected chi connectivity index (χ1v) is 4.61. The maximum absolute atomic E-state index is 5.83. The molecule has 0 spiro atoms. The zero-order chi connectivity index (χ0) is 9.68. The van der Waals surface area contributed by atoms with Crippen LogP contribution in [0.15, 0.2) is 18.9 Å². The lowest BCUT2D eigenvalue weighted by Crippen LogP contribution is -2.16. The van der Waals surface area contributed by atoms with Crippen LogP contribution < -0.4 is 5.32 Å². The molecule has 0 radical (unpaired) electrons. The van der Waals surface area contributed by atoms with E-state index in [0.717, 1.165) is 25.3 Å². The van der Waals surface area contributed by atoms with Gasteiger partial charge in [0, 0.05) is 7.05 Å². The Morgan fingerprint density at radius 2 is 2.54 bits per heavy atom. The molecule has 0 aliphatic rings. The van der Waals surface area contributed by atoms with E-state index in [1.807, 2.05) is 17.7 Å². The highest BCUT2D eigenvalue weighted by molar-refractivity contribution is 6.29. The van der Waals surface area contributed by atoms with Gasteiger partial charge in [-0.2, -0.15) is 0 Å². The lowest BCUT2D eigenvalue weighted by molar-refractivity contribution is 0.643. The number of halogens is 1. The van der Waals surface area contributed by atoms with Crippen LogP contribution in [0.5, 0.6) is 0 Å². The number of hydrogen-bond donors (Lipinski definition) is 1. The molecule has 0 amide bonds. The zero-order valence-corrected chi connectivity index (χ0v) is 8.51. The average Bonchev–Trinajstić information content (AvgIpc) is 2.43. The van der Waals surface area contributed by atoms with Crippen molar-refractivity contribution in [3.05, 3.63) is 29.8 Å². The summed E-state index contributed by atoms with van der Waals surface area (Å²) < 4.78 is 1.86. The standard InChI is InChI=1S/C9H14ClN3/c1-3-4-5-11-7-9-12-6-8(10)13(9)2/h3,6,11H,1,4-5,7H2,2H3. The molecule has 0 atom stereocenters. The monoisotopic (exact) mass is 199 g/mol. The number of nitrogens with one attached hydrogen (secondary N) is 1. The molecule has 0 bridgehead atoms. The topological polar surface area (TPSA) is 29.9 Å². The van der Waals surface area contributed by atoms with Gasteiger partial charge < -0.3 is 9.88 Å². The number of aromatic nitrogens is 2. The van der Waals surface area contributed by atoms with E-state index in [9.17, 15) is 0 Å². The van der Waals surface area contributed by atoms with Gasteiger partial charge in [0.05, 0.1) is 12.7 Å². The van der Waals surface area contributed by atoms with Gasteiger partial charge in [-0.3, -0.25) is 0 Å². The van der Waals surface area contributed by atoms with E-state index in [1.54, 1.807) is 6.20 Å². The van der Waals surface area contributed by atoms with Crippen LogP contribution in [0.25, 0.3) is 0 Å². The third kappa shape index (κ3) is 2.86. The highest BCUT2D eigenvalue weighted by Gasteiger charge is 2.02. The number of hydrogen-bond acceptors (Lipinski definition) is 2. The van der Waals surface area contributed by atoms with Crippen molar-refractivity contribution >= 4 is 11.6 Å². The summed E-state index contributed by atoms with van der Waals surface area (Å²) in [5, 5.41) is 3.91. The van der Waals surface area contributed by atoms with Gasteiger partial charge in [-0.05, 0) is 13.0 Å². The molecule has 1 aromatic rings. The van der Waals surface area contributed by atoms with Gasteiger partial charge in [0.15, 0.2) is 0 Å². The minimum atomic E-state index is 0.667. The fraction of sp³-hybridized carbons (Fsp3) is 0.444. The van der Waals surface area contributed by atoms with E-state index in [1.165, 1.54) is 0 Å². The molecular weight excluding hydrogens is 186 g/mol. The lowest BCUT2D eigenvalue weighted by atomic mass is 10.4. The van der Waals surface area contributed by atoms with E-state index < -0.39 is 0 Å². The second-order valence-corrected chi connectivity index (χ2v) is 3.20. The third-order valence-electron chi connectivity index (χ3n) is 1.84. The number of rotatable bonds is 5. The fourth-order valence-electron chi connectivity index (χ4n) is 0.993. The lowest BCUT2D eigenvalue weighted by Gasteiger charge is -2.03. The first-order chi connectivity index (χ1) is 6.25. The van der Waals surface area contributed by atoms with Crippen LogP contribution in [0, 0.1) is 0 Å². The van der Waals surface area contributed by atoms with Crippen LogP contribution >= 0.6 is 11.6 Å².